The first-order chi connectivity index (χ1) is 24.5. The first kappa shape index (κ1) is 34.9. The number of hydrogen-bond donors (Lipinski definition) is 2. The molecule has 0 radical (unpaired) electrons. The molecule has 10 nitrogen and oxygen atoms in total. The first-order valence-corrected chi connectivity index (χ1v) is 15.9. The zero-order valence-corrected chi connectivity index (χ0v) is 27.9. The Kier molecular flexibility index (Phi) is 12.7. The molecular weight excluding hydrogens is 632 g/mol. The Morgan fingerprint density at radius 3 is 1.36 bits per heavy atom. The van der Waals surface area contributed by atoms with Gasteiger partial charge in [0.15, 0.2) is 0 Å². The minimum atomic E-state index is -0.189. The highest BCUT2D eigenvalue weighted by atomic mass is 16.5. The number of amides is 2. The second kappa shape index (κ2) is 18.2. The van der Waals surface area contributed by atoms with E-state index in [0.717, 1.165) is 33.4 Å². The molecule has 50 heavy (non-hydrogen) atoms. The molecule has 5 aromatic rings. The van der Waals surface area contributed by atoms with Gasteiger partial charge in [0.2, 0.25) is 11.8 Å². The van der Waals surface area contributed by atoms with E-state index in [0.29, 0.717) is 23.0 Å². The molecular formula is C40H38N4O6. The number of rotatable bonds is 16. The quantitative estimate of drug-likeness (QED) is 0.0947. The minimum absolute atomic E-state index is 0.189. The fourth-order valence-corrected chi connectivity index (χ4v) is 4.94. The number of methoxy groups -OCH3 is 2. The van der Waals surface area contributed by atoms with E-state index in [9.17, 15) is 9.59 Å². The molecule has 0 saturated carbocycles. The fourth-order valence-electron chi connectivity index (χ4n) is 4.94. The van der Waals surface area contributed by atoms with E-state index in [2.05, 4.69) is 21.1 Å². The fraction of sp³-hybridized carbons (Fsp3) is 0.150. The molecule has 5 aromatic carbocycles. The van der Waals surface area contributed by atoms with E-state index in [1.54, 1.807) is 26.6 Å². The standard InChI is InChI=1S/C40H38N4O6/c1-47-37-23-33(27-49-35-17-13-31(14-18-35)25-41-43-38(45)21-29-9-5-3-6-10-29)40(48-2)34(24-37)28-50-36-19-15-32(16-20-36)26-42-44-39(46)22-30-11-7-4-8-12-30/h3-20,23-26H,21-22,27-28H2,1-2H3,(H,43,45)(H,44,46)/b41-25+,42-26+. The van der Waals surface area contributed by atoms with Crippen LogP contribution in [0.2, 0.25) is 0 Å². The third kappa shape index (κ3) is 10.8. The summed E-state index contributed by atoms with van der Waals surface area (Å²) in [5, 5.41) is 8.12. The van der Waals surface area contributed by atoms with E-state index in [1.165, 1.54) is 0 Å². The lowest BCUT2D eigenvalue weighted by Gasteiger charge is -2.17. The molecule has 0 aliphatic heterocycles. The Morgan fingerprint density at radius 2 is 0.980 bits per heavy atom. The number of nitrogens with zero attached hydrogens (tertiary/aromatic N) is 2. The molecule has 5 rings (SSSR count). The van der Waals surface area contributed by atoms with Crippen molar-refractivity contribution in [2.45, 2.75) is 26.1 Å². The molecule has 0 saturated heterocycles. The van der Waals surface area contributed by atoms with Crippen LogP contribution >= 0.6 is 0 Å². The van der Waals surface area contributed by atoms with Crippen molar-refractivity contribution in [3.05, 3.63) is 155 Å². The molecule has 0 aromatic heterocycles. The zero-order chi connectivity index (χ0) is 35.0. The van der Waals surface area contributed by atoms with Crippen LogP contribution in [0, 0.1) is 0 Å². The number of ether oxygens (including phenoxy) is 4. The summed E-state index contributed by atoms with van der Waals surface area (Å²) in [5.74, 6) is 2.20. The summed E-state index contributed by atoms with van der Waals surface area (Å²) in [6.45, 7) is 0.457. The second-order valence-electron chi connectivity index (χ2n) is 11.1. The monoisotopic (exact) mass is 670 g/mol. The lowest BCUT2D eigenvalue weighted by Crippen LogP contribution is -2.19. The van der Waals surface area contributed by atoms with E-state index in [1.807, 2.05) is 121 Å². The van der Waals surface area contributed by atoms with Crippen LogP contribution in [-0.2, 0) is 35.6 Å². The van der Waals surface area contributed by atoms with Crippen molar-refractivity contribution in [2.75, 3.05) is 14.2 Å². The van der Waals surface area contributed by atoms with Crippen LogP contribution in [-0.4, -0.2) is 38.5 Å². The summed E-state index contributed by atoms with van der Waals surface area (Å²) in [6.07, 6.45) is 3.68. The molecule has 0 aliphatic rings. The number of carbonyl (C=O) groups excluding carboxylic acids is 2. The summed E-state index contributed by atoms with van der Waals surface area (Å²) >= 11 is 0. The van der Waals surface area contributed by atoms with E-state index < -0.39 is 0 Å². The van der Waals surface area contributed by atoms with E-state index in [4.69, 9.17) is 18.9 Å². The number of nitrogens with one attached hydrogen (secondary N) is 2. The van der Waals surface area contributed by atoms with Crippen molar-refractivity contribution in [3.8, 4) is 23.0 Å². The zero-order valence-electron chi connectivity index (χ0n) is 27.9. The van der Waals surface area contributed by atoms with Crippen LogP contribution < -0.4 is 29.8 Å². The maximum Gasteiger partial charge on any atom is 0.244 e. The lowest BCUT2D eigenvalue weighted by atomic mass is 10.1. The highest BCUT2D eigenvalue weighted by molar-refractivity contribution is 5.84. The molecule has 0 heterocycles. The number of benzene rings is 5. The first-order valence-electron chi connectivity index (χ1n) is 15.9. The summed E-state index contributed by atoms with van der Waals surface area (Å²) in [7, 11) is 3.21. The van der Waals surface area contributed by atoms with Crippen molar-refractivity contribution >= 4 is 24.2 Å². The molecule has 0 fully saturated rings. The smallest absolute Gasteiger partial charge is 0.244 e. The Bertz CT molecular complexity index is 1760. The number of hydrogen-bond acceptors (Lipinski definition) is 8. The Labute approximate surface area is 291 Å². The maximum atomic E-state index is 12.1. The van der Waals surface area contributed by atoms with Crippen LogP contribution in [0.3, 0.4) is 0 Å². The summed E-state index contributed by atoms with van der Waals surface area (Å²) in [6, 6.07) is 37.5. The molecule has 0 spiro atoms. The van der Waals surface area contributed by atoms with Crippen LogP contribution in [0.25, 0.3) is 0 Å². The van der Waals surface area contributed by atoms with Gasteiger partial charge < -0.3 is 18.9 Å². The Balaban J connectivity index is 1.12. The number of hydrazone groups is 2. The summed E-state index contributed by atoms with van der Waals surface area (Å²) < 4.78 is 23.5. The third-order valence-corrected chi connectivity index (χ3v) is 7.43. The van der Waals surface area contributed by atoms with Crippen LogP contribution in [0.4, 0.5) is 0 Å². The van der Waals surface area contributed by atoms with Gasteiger partial charge in [-0.05, 0) is 82.9 Å². The van der Waals surface area contributed by atoms with Crippen molar-refractivity contribution in [1.82, 2.24) is 10.9 Å². The average Bonchev–Trinajstić information content (AvgIpc) is 3.14. The Morgan fingerprint density at radius 1 is 0.560 bits per heavy atom. The van der Waals surface area contributed by atoms with Gasteiger partial charge in [-0.2, -0.15) is 10.2 Å². The SMILES string of the molecule is COc1cc(COc2ccc(/C=N/NC(=O)Cc3ccccc3)cc2)c(OC)c(COc2ccc(/C=N/NC(=O)Cc3ccccc3)cc2)c1. The normalized spacial score (nSPS) is 10.9. The highest BCUT2D eigenvalue weighted by Crippen LogP contribution is 2.31. The van der Waals surface area contributed by atoms with E-state index in [-0.39, 0.29) is 37.9 Å². The van der Waals surface area contributed by atoms with Gasteiger partial charge in [0, 0.05) is 11.1 Å². The van der Waals surface area contributed by atoms with Gasteiger partial charge in [-0.1, -0.05) is 60.7 Å². The summed E-state index contributed by atoms with van der Waals surface area (Å²) in [4.78, 5) is 24.3. The molecule has 0 atom stereocenters. The van der Waals surface area contributed by atoms with Gasteiger partial charge in [-0.3, -0.25) is 9.59 Å². The van der Waals surface area contributed by atoms with Crippen LogP contribution in [0.1, 0.15) is 33.4 Å². The predicted octanol–water partition coefficient (Wildman–Crippen LogP) is 6.25. The summed E-state index contributed by atoms with van der Waals surface area (Å²) in [5.41, 5.74) is 10.1. The largest absolute Gasteiger partial charge is 0.497 e. The third-order valence-electron chi connectivity index (χ3n) is 7.43. The van der Waals surface area contributed by atoms with Crippen molar-refractivity contribution < 1.29 is 28.5 Å². The van der Waals surface area contributed by atoms with E-state index >= 15 is 0 Å². The van der Waals surface area contributed by atoms with Crippen molar-refractivity contribution in [1.29, 1.82) is 0 Å². The van der Waals surface area contributed by atoms with Crippen LogP contribution in [0.15, 0.2) is 132 Å². The second-order valence-corrected chi connectivity index (χ2v) is 11.1. The van der Waals surface area contributed by atoms with Crippen molar-refractivity contribution in [3.63, 3.8) is 0 Å². The van der Waals surface area contributed by atoms with Gasteiger partial charge in [0.25, 0.3) is 0 Å². The lowest BCUT2D eigenvalue weighted by molar-refractivity contribution is -0.121. The highest BCUT2D eigenvalue weighted by Gasteiger charge is 2.14. The molecule has 2 N–H and O–H groups in total. The Hall–Kier alpha value is -6.42. The molecule has 10 heteroatoms. The van der Waals surface area contributed by atoms with Gasteiger partial charge in [-0.15, -0.1) is 0 Å². The molecule has 0 bridgehead atoms. The molecule has 0 unspecified atom stereocenters. The van der Waals surface area contributed by atoms with Crippen molar-refractivity contribution in [2.24, 2.45) is 10.2 Å². The van der Waals surface area contributed by atoms with Gasteiger partial charge in [0.05, 0.1) is 39.5 Å². The van der Waals surface area contributed by atoms with Gasteiger partial charge in [0.1, 0.15) is 36.2 Å². The van der Waals surface area contributed by atoms with Gasteiger partial charge in [-0.25, -0.2) is 10.9 Å². The van der Waals surface area contributed by atoms with Crippen LogP contribution in [0.5, 0.6) is 23.0 Å². The number of carbonyl (C=O) groups is 2. The molecule has 0 aliphatic carbocycles. The van der Waals surface area contributed by atoms with Gasteiger partial charge >= 0.3 is 0 Å². The average molecular weight is 671 g/mol. The molecule has 254 valence electrons. The maximum absolute atomic E-state index is 12.1. The minimum Gasteiger partial charge on any atom is -0.497 e. The molecule has 2 amide bonds. The topological polar surface area (TPSA) is 120 Å². The predicted molar refractivity (Wildman–Crippen MR) is 193 cm³/mol.